The Labute approximate surface area is 135 Å². The number of hydrogen-bond donors (Lipinski definition) is 0. The van der Waals surface area contributed by atoms with E-state index in [9.17, 15) is 0 Å². The first-order valence-corrected chi connectivity index (χ1v) is 7.78. The Morgan fingerprint density at radius 1 is 0.682 bits per heavy atom. The van der Waals surface area contributed by atoms with Crippen LogP contribution in [-0.2, 0) is 0 Å². The van der Waals surface area contributed by atoms with Crippen LogP contribution in [0, 0.1) is 0 Å². The van der Waals surface area contributed by atoms with Crippen LogP contribution in [-0.4, -0.2) is 0 Å². The molecule has 5 rings (SSSR count). The zero-order chi connectivity index (χ0) is 14.7. The van der Waals surface area contributed by atoms with Gasteiger partial charge in [-0.25, -0.2) is 0 Å². The van der Waals surface area contributed by atoms with E-state index in [0.29, 0.717) is 0 Å². The zero-order valence-corrected chi connectivity index (χ0v) is 13.0. The number of fused-ring (bicyclic) bond motifs is 4. The number of hydrogen-bond acceptors (Lipinski definition) is 3. The van der Waals surface area contributed by atoms with Crippen LogP contribution >= 0.6 is 15.9 Å². The van der Waals surface area contributed by atoms with E-state index in [1.807, 2.05) is 48.5 Å². The summed E-state index contributed by atoms with van der Waals surface area (Å²) in [4.78, 5) is 2.20. The minimum atomic E-state index is 0.803. The summed E-state index contributed by atoms with van der Waals surface area (Å²) >= 11 is 3.51. The van der Waals surface area contributed by atoms with Gasteiger partial charge in [-0.15, -0.1) is 0 Å². The number of para-hydroxylation sites is 3. The van der Waals surface area contributed by atoms with Crippen LogP contribution < -0.4 is 14.4 Å². The summed E-state index contributed by atoms with van der Waals surface area (Å²) in [6.45, 7) is 0. The molecule has 0 atom stereocenters. The Bertz CT molecular complexity index is 923. The Kier molecular flexibility index (Phi) is 2.35. The molecule has 0 bridgehead atoms. The first-order valence-electron chi connectivity index (χ1n) is 6.99. The Morgan fingerprint density at radius 3 is 2.23 bits per heavy atom. The van der Waals surface area contributed by atoms with E-state index < -0.39 is 0 Å². The van der Waals surface area contributed by atoms with Crippen LogP contribution in [0.5, 0.6) is 23.0 Å². The first-order chi connectivity index (χ1) is 10.8. The van der Waals surface area contributed by atoms with Gasteiger partial charge in [-0.3, -0.25) is 4.90 Å². The molecular weight excluding hydrogens is 342 g/mol. The molecule has 0 amide bonds. The van der Waals surface area contributed by atoms with Gasteiger partial charge in [0.15, 0.2) is 23.0 Å². The lowest BCUT2D eigenvalue weighted by atomic mass is 10.1. The van der Waals surface area contributed by atoms with Gasteiger partial charge in [0.25, 0.3) is 0 Å². The van der Waals surface area contributed by atoms with Gasteiger partial charge >= 0.3 is 0 Å². The summed E-state index contributed by atoms with van der Waals surface area (Å²) in [6, 6.07) is 20.0. The van der Waals surface area contributed by atoms with Gasteiger partial charge < -0.3 is 9.47 Å². The van der Waals surface area contributed by atoms with Gasteiger partial charge in [0.2, 0.25) is 0 Å². The summed E-state index contributed by atoms with van der Waals surface area (Å²) in [5, 5.41) is 0. The van der Waals surface area contributed by atoms with Crippen molar-refractivity contribution in [2.45, 2.75) is 0 Å². The molecule has 0 saturated carbocycles. The van der Waals surface area contributed by atoms with E-state index >= 15 is 0 Å². The minimum absolute atomic E-state index is 0.803. The van der Waals surface area contributed by atoms with E-state index in [1.54, 1.807) is 0 Å². The van der Waals surface area contributed by atoms with Crippen molar-refractivity contribution in [3.63, 3.8) is 0 Å². The summed E-state index contributed by atoms with van der Waals surface area (Å²) in [5.74, 6) is 3.29. The summed E-state index contributed by atoms with van der Waals surface area (Å²) in [6.07, 6.45) is 0. The Hall–Kier alpha value is -2.46. The fourth-order valence-electron chi connectivity index (χ4n) is 2.98. The molecule has 0 fully saturated rings. The second-order valence-electron chi connectivity index (χ2n) is 5.22. The molecule has 2 aliphatic heterocycles. The molecule has 0 aliphatic carbocycles. The largest absolute Gasteiger partial charge is 0.453 e. The van der Waals surface area contributed by atoms with Crippen molar-refractivity contribution in [3.05, 3.63) is 65.1 Å². The summed E-state index contributed by atoms with van der Waals surface area (Å²) in [5.41, 5.74) is 2.99. The molecule has 2 heterocycles. The Morgan fingerprint density at radius 2 is 1.36 bits per heavy atom. The lowest BCUT2D eigenvalue weighted by Gasteiger charge is -2.37. The van der Waals surface area contributed by atoms with Gasteiger partial charge in [0.05, 0.1) is 11.4 Å². The molecule has 2 aliphatic rings. The average Bonchev–Trinajstić information content (AvgIpc) is 2.54. The van der Waals surface area contributed by atoms with E-state index in [1.165, 1.54) is 0 Å². The molecule has 0 saturated heterocycles. The standard InChI is InChI=1S/C18H10BrNO2/c19-11-8-9-13-17(10-11)22-16-7-3-6-15-18(16)20(13)12-4-1-2-5-14(12)21-15/h1-10H. The molecule has 106 valence electrons. The third-order valence-corrected chi connectivity index (χ3v) is 4.39. The fourth-order valence-corrected chi connectivity index (χ4v) is 3.32. The van der Waals surface area contributed by atoms with E-state index in [-0.39, 0.29) is 0 Å². The lowest BCUT2D eigenvalue weighted by Crippen LogP contribution is -2.20. The van der Waals surface area contributed by atoms with E-state index in [0.717, 1.165) is 44.5 Å². The maximum absolute atomic E-state index is 6.07. The second-order valence-corrected chi connectivity index (χ2v) is 6.14. The maximum Gasteiger partial charge on any atom is 0.155 e. The molecule has 0 N–H and O–H groups in total. The van der Waals surface area contributed by atoms with Gasteiger partial charge in [0, 0.05) is 4.47 Å². The Balaban J connectivity index is 1.86. The SMILES string of the molecule is Brc1ccc2c(c1)Oc1cccc3c1N2c1ccccc1O3. The van der Waals surface area contributed by atoms with Crippen molar-refractivity contribution in [1.82, 2.24) is 0 Å². The van der Waals surface area contributed by atoms with Crippen LogP contribution in [0.2, 0.25) is 0 Å². The monoisotopic (exact) mass is 351 g/mol. The topological polar surface area (TPSA) is 21.7 Å². The average molecular weight is 352 g/mol. The van der Waals surface area contributed by atoms with Crippen molar-refractivity contribution in [2.75, 3.05) is 4.90 Å². The lowest BCUT2D eigenvalue weighted by molar-refractivity contribution is 0.446. The normalized spacial score (nSPS) is 13.4. The smallest absolute Gasteiger partial charge is 0.155 e. The van der Waals surface area contributed by atoms with Gasteiger partial charge in [-0.2, -0.15) is 0 Å². The van der Waals surface area contributed by atoms with Crippen LogP contribution in [0.3, 0.4) is 0 Å². The predicted molar refractivity (Wildman–Crippen MR) is 89.0 cm³/mol. The van der Waals surface area contributed by atoms with Crippen LogP contribution in [0.15, 0.2) is 65.1 Å². The highest BCUT2D eigenvalue weighted by molar-refractivity contribution is 9.10. The van der Waals surface area contributed by atoms with Gasteiger partial charge in [0.1, 0.15) is 5.69 Å². The number of anilines is 3. The number of ether oxygens (including phenoxy) is 2. The highest BCUT2D eigenvalue weighted by atomic mass is 79.9. The van der Waals surface area contributed by atoms with Crippen molar-refractivity contribution < 1.29 is 9.47 Å². The highest BCUT2D eigenvalue weighted by Gasteiger charge is 2.34. The van der Waals surface area contributed by atoms with Crippen molar-refractivity contribution in [3.8, 4) is 23.0 Å². The third kappa shape index (κ3) is 1.56. The molecule has 3 nitrogen and oxygen atoms in total. The van der Waals surface area contributed by atoms with Crippen LogP contribution in [0.25, 0.3) is 0 Å². The number of nitrogens with zero attached hydrogens (tertiary/aromatic N) is 1. The fraction of sp³-hybridized carbons (Fsp3) is 0. The number of benzene rings is 3. The van der Waals surface area contributed by atoms with Crippen LogP contribution in [0.1, 0.15) is 0 Å². The quantitative estimate of drug-likeness (QED) is 0.335. The first kappa shape index (κ1) is 12.1. The summed E-state index contributed by atoms with van der Waals surface area (Å²) in [7, 11) is 0. The van der Waals surface area contributed by atoms with Crippen molar-refractivity contribution >= 4 is 33.0 Å². The molecule has 0 spiro atoms. The van der Waals surface area contributed by atoms with Gasteiger partial charge in [-0.05, 0) is 42.5 Å². The molecule has 3 aromatic rings. The second kappa shape index (κ2) is 4.27. The maximum atomic E-state index is 6.07. The molecule has 4 heteroatoms. The van der Waals surface area contributed by atoms with Crippen molar-refractivity contribution in [1.29, 1.82) is 0 Å². The van der Waals surface area contributed by atoms with Crippen molar-refractivity contribution in [2.24, 2.45) is 0 Å². The third-order valence-electron chi connectivity index (χ3n) is 3.89. The van der Waals surface area contributed by atoms with E-state index in [2.05, 4.69) is 33.0 Å². The predicted octanol–water partition coefficient (Wildman–Crippen LogP) is 6.13. The highest BCUT2D eigenvalue weighted by Crippen LogP contribution is 2.59. The summed E-state index contributed by atoms with van der Waals surface area (Å²) < 4.78 is 13.1. The molecule has 22 heavy (non-hydrogen) atoms. The molecule has 0 unspecified atom stereocenters. The molecule has 3 aromatic carbocycles. The van der Waals surface area contributed by atoms with Gasteiger partial charge in [-0.1, -0.05) is 34.1 Å². The van der Waals surface area contributed by atoms with Crippen LogP contribution in [0.4, 0.5) is 17.1 Å². The number of rotatable bonds is 0. The molecular formula is C18H10BrNO2. The molecule has 0 radical (unpaired) electrons. The van der Waals surface area contributed by atoms with E-state index in [4.69, 9.17) is 9.47 Å². The molecule has 0 aromatic heterocycles. The number of halogens is 1. The zero-order valence-electron chi connectivity index (χ0n) is 11.4. The minimum Gasteiger partial charge on any atom is -0.453 e.